The van der Waals surface area contributed by atoms with Gasteiger partial charge in [0.2, 0.25) is 0 Å². The van der Waals surface area contributed by atoms with Gasteiger partial charge in [0.25, 0.3) is 5.91 Å². The Kier molecular flexibility index (Phi) is 4.34. The average Bonchev–Trinajstić information content (AvgIpc) is 2.21. The second-order valence-corrected chi connectivity index (χ2v) is 4.34. The van der Waals surface area contributed by atoms with E-state index < -0.39 is 0 Å². The first-order valence-corrected chi connectivity index (χ1v) is 5.58. The maximum atomic E-state index is 11.8. The number of hydrogen-bond acceptors (Lipinski definition) is 3. The number of benzene rings is 1. The maximum absolute atomic E-state index is 11.8. The van der Waals surface area contributed by atoms with Crippen LogP contribution in [0, 0.1) is 3.57 Å². The maximum Gasteiger partial charge on any atom is 0.253 e. The molecule has 0 spiro atoms. The highest BCUT2D eigenvalue weighted by molar-refractivity contribution is 14.1. The van der Waals surface area contributed by atoms with E-state index in [0.717, 1.165) is 3.57 Å². The Morgan fingerprint density at radius 2 is 2.27 bits per heavy atom. The van der Waals surface area contributed by atoms with Crippen molar-refractivity contribution in [3.8, 4) is 5.75 Å². The molecule has 0 saturated heterocycles. The zero-order valence-corrected chi connectivity index (χ0v) is 10.6. The van der Waals surface area contributed by atoms with E-state index in [-0.39, 0.29) is 11.7 Å². The van der Waals surface area contributed by atoms with Crippen LogP contribution in [0.2, 0.25) is 0 Å². The lowest BCUT2D eigenvalue weighted by atomic mass is 10.2. The summed E-state index contributed by atoms with van der Waals surface area (Å²) in [6.45, 7) is 0.935. The number of nitrogens with zero attached hydrogens (tertiary/aromatic N) is 1. The van der Waals surface area contributed by atoms with Crippen LogP contribution in [0.25, 0.3) is 0 Å². The summed E-state index contributed by atoms with van der Waals surface area (Å²) in [5.41, 5.74) is 5.83. The average molecular weight is 320 g/mol. The van der Waals surface area contributed by atoms with Gasteiger partial charge in [-0.15, -0.1) is 0 Å². The van der Waals surface area contributed by atoms with E-state index in [1.54, 1.807) is 19.2 Å². The van der Waals surface area contributed by atoms with Gasteiger partial charge in [-0.25, -0.2) is 0 Å². The monoisotopic (exact) mass is 320 g/mol. The van der Waals surface area contributed by atoms with E-state index in [2.05, 4.69) is 0 Å². The third-order valence-electron chi connectivity index (χ3n) is 2.00. The lowest BCUT2D eigenvalue weighted by Gasteiger charge is -2.16. The summed E-state index contributed by atoms with van der Waals surface area (Å²) >= 11 is 2.00. The van der Waals surface area contributed by atoms with Crippen LogP contribution in [0.15, 0.2) is 18.2 Å². The molecule has 0 fully saturated rings. The van der Waals surface area contributed by atoms with Crippen molar-refractivity contribution in [1.29, 1.82) is 0 Å². The third kappa shape index (κ3) is 3.07. The molecule has 1 aromatic rings. The topological polar surface area (TPSA) is 66.6 Å². The molecule has 5 heteroatoms. The highest BCUT2D eigenvalue weighted by Gasteiger charge is 2.12. The first-order chi connectivity index (χ1) is 7.06. The van der Waals surface area contributed by atoms with Crippen LogP contribution in [-0.4, -0.2) is 36.1 Å². The minimum Gasteiger partial charge on any atom is -0.507 e. The van der Waals surface area contributed by atoms with Crippen LogP contribution in [0.4, 0.5) is 0 Å². The van der Waals surface area contributed by atoms with Crippen molar-refractivity contribution in [1.82, 2.24) is 4.90 Å². The van der Waals surface area contributed by atoms with Crippen molar-refractivity contribution in [2.75, 3.05) is 20.1 Å². The molecule has 82 valence electrons. The first-order valence-electron chi connectivity index (χ1n) is 4.50. The molecule has 15 heavy (non-hydrogen) atoms. The minimum absolute atomic E-state index is 0.127. The standard InChI is InChI=1S/C10H13IN2O2/c1-13(5-4-12)10(15)7-2-3-8(11)9(14)6-7/h2-3,6,14H,4-5,12H2,1H3. The van der Waals surface area contributed by atoms with Crippen molar-refractivity contribution < 1.29 is 9.90 Å². The Hall–Kier alpha value is -0.820. The van der Waals surface area contributed by atoms with Crippen molar-refractivity contribution >= 4 is 28.5 Å². The van der Waals surface area contributed by atoms with Crippen LogP contribution in [0.1, 0.15) is 10.4 Å². The second-order valence-electron chi connectivity index (χ2n) is 3.18. The number of phenolic OH excluding ortho intramolecular Hbond substituents is 1. The van der Waals surface area contributed by atoms with Crippen molar-refractivity contribution in [3.63, 3.8) is 0 Å². The molecule has 0 aliphatic heterocycles. The van der Waals surface area contributed by atoms with E-state index in [0.29, 0.717) is 18.7 Å². The van der Waals surface area contributed by atoms with E-state index in [1.807, 2.05) is 22.6 Å². The van der Waals surface area contributed by atoms with Crippen LogP contribution in [0.3, 0.4) is 0 Å². The molecule has 0 atom stereocenters. The van der Waals surface area contributed by atoms with Crippen molar-refractivity contribution in [2.24, 2.45) is 5.73 Å². The minimum atomic E-state index is -0.132. The van der Waals surface area contributed by atoms with Crippen LogP contribution < -0.4 is 5.73 Å². The predicted molar refractivity (Wildman–Crippen MR) is 66.8 cm³/mol. The number of amides is 1. The van der Waals surface area contributed by atoms with Crippen LogP contribution in [-0.2, 0) is 0 Å². The van der Waals surface area contributed by atoms with Gasteiger partial charge in [0, 0.05) is 25.7 Å². The molecule has 0 radical (unpaired) electrons. The molecule has 0 unspecified atom stereocenters. The van der Waals surface area contributed by atoms with Gasteiger partial charge in [0.15, 0.2) is 0 Å². The van der Waals surface area contributed by atoms with Gasteiger partial charge in [-0.3, -0.25) is 4.79 Å². The van der Waals surface area contributed by atoms with Crippen LogP contribution in [0.5, 0.6) is 5.75 Å². The Bertz CT molecular complexity index is 368. The molecule has 0 aromatic heterocycles. The summed E-state index contributed by atoms with van der Waals surface area (Å²) in [6, 6.07) is 4.87. The van der Waals surface area contributed by atoms with E-state index in [1.165, 1.54) is 11.0 Å². The Balaban J connectivity index is 2.87. The zero-order chi connectivity index (χ0) is 11.4. The normalized spacial score (nSPS) is 10.1. The van der Waals surface area contributed by atoms with Gasteiger partial charge in [0.05, 0.1) is 3.57 Å². The molecule has 3 N–H and O–H groups in total. The van der Waals surface area contributed by atoms with E-state index in [4.69, 9.17) is 5.73 Å². The molecule has 0 aliphatic carbocycles. The number of carbonyl (C=O) groups excluding carboxylic acids is 1. The lowest BCUT2D eigenvalue weighted by Crippen LogP contribution is -2.31. The van der Waals surface area contributed by atoms with Crippen LogP contribution >= 0.6 is 22.6 Å². The fourth-order valence-corrected chi connectivity index (χ4v) is 1.50. The summed E-state index contributed by atoms with van der Waals surface area (Å²) in [4.78, 5) is 13.3. The SMILES string of the molecule is CN(CCN)C(=O)c1ccc(I)c(O)c1. The van der Waals surface area contributed by atoms with E-state index in [9.17, 15) is 9.90 Å². The Morgan fingerprint density at radius 1 is 1.60 bits per heavy atom. The van der Waals surface area contributed by atoms with Gasteiger partial charge < -0.3 is 15.7 Å². The Labute approximate surface area is 102 Å². The third-order valence-corrected chi connectivity index (χ3v) is 2.92. The lowest BCUT2D eigenvalue weighted by molar-refractivity contribution is 0.0798. The smallest absolute Gasteiger partial charge is 0.253 e. The molecule has 1 rings (SSSR count). The largest absolute Gasteiger partial charge is 0.507 e. The predicted octanol–water partition coefficient (Wildman–Crippen LogP) is 1.03. The molecular formula is C10H13IN2O2. The molecule has 1 amide bonds. The quantitative estimate of drug-likeness (QED) is 0.818. The number of halogens is 1. The van der Waals surface area contributed by atoms with Gasteiger partial charge in [-0.1, -0.05) is 0 Å². The number of likely N-dealkylation sites (N-methyl/N-ethyl adjacent to an activating group) is 1. The molecule has 0 aliphatic rings. The molecule has 0 heterocycles. The number of phenols is 1. The second kappa shape index (κ2) is 5.32. The number of rotatable bonds is 3. The molecule has 4 nitrogen and oxygen atoms in total. The van der Waals surface area contributed by atoms with Gasteiger partial charge >= 0.3 is 0 Å². The zero-order valence-electron chi connectivity index (χ0n) is 8.40. The number of aromatic hydroxyl groups is 1. The first kappa shape index (κ1) is 12.3. The molecule has 1 aromatic carbocycles. The summed E-state index contributed by atoms with van der Waals surface area (Å²) < 4.78 is 0.727. The number of hydrogen-bond donors (Lipinski definition) is 2. The highest BCUT2D eigenvalue weighted by Crippen LogP contribution is 2.20. The van der Waals surface area contributed by atoms with Gasteiger partial charge in [0.1, 0.15) is 5.75 Å². The molecule has 0 saturated carbocycles. The van der Waals surface area contributed by atoms with Crippen molar-refractivity contribution in [3.05, 3.63) is 27.3 Å². The van der Waals surface area contributed by atoms with E-state index >= 15 is 0 Å². The fraction of sp³-hybridized carbons (Fsp3) is 0.300. The molecular weight excluding hydrogens is 307 g/mol. The van der Waals surface area contributed by atoms with Gasteiger partial charge in [-0.2, -0.15) is 0 Å². The number of nitrogens with two attached hydrogens (primary N) is 1. The highest BCUT2D eigenvalue weighted by atomic mass is 127. The number of carbonyl (C=O) groups is 1. The fourth-order valence-electron chi connectivity index (χ4n) is 1.16. The Morgan fingerprint density at radius 3 is 2.80 bits per heavy atom. The summed E-state index contributed by atoms with van der Waals surface area (Å²) in [7, 11) is 1.68. The molecule has 0 bridgehead atoms. The summed E-state index contributed by atoms with van der Waals surface area (Å²) in [5.74, 6) is -0.00486. The van der Waals surface area contributed by atoms with Gasteiger partial charge in [-0.05, 0) is 40.8 Å². The van der Waals surface area contributed by atoms with Crippen molar-refractivity contribution in [2.45, 2.75) is 0 Å². The summed E-state index contributed by atoms with van der Waals surface area (Å²) in [5, 5.41) is 9.46. The summed E-state index contributed by atoms with van der Waals surface area (Å²) in [6.07, 6.45) is 0.